The van der Waals surface area contributed by atoms with Gasteiger partial charge in [0, 0.05) is 12.6 Å². The molecule has 2 rings (SSSR count). The minimum absolute atomic E-state index is 0.0780. The second kappa shape index (κ2) is 7.61. The molecule has 1 aromatic carbocycles. The van der Waals surface area contributed by atoms with Gasteiger partial charge < -0.3 is 10.5 Å². The molecule has 1 amide bonds. The summed E-state index contributed by atoms with van der Waals surface area (Å²) in [6, 6.07) is 5.95. The van der Waals surface area contributed by atoms with Crippen molar-refractivity contribution < 1.29 is 17.9 Å². The number of amides is 1. The van der Waals surface area contributed by atoms with E-state index in [1.165, 1.54) is 28.6 Å². The Morgan fingerprint density at radius 2 is 2.04 bits per heavy atom. The van der Waals surface area contributed by atoms with Gasteiger partial charge in [-0.25, -0.2) is 8.42 Å². The van der Waals surface area contributed by atoms with Crippen molar-refractivity contribution in [3.63, 3.8) is 0 Å². The van der Waals surface area contributed by atoms with Gasteiger partial charge in [0.2, 0.25) is 10.0 Å². The summed E-state index contributed by atoms with van der Waals surface area (Å²) >= 11 is 0. The lowest BCUT2D eigenvalue weighted by Crippen LogP contribution is -2.36. The largest absolute Gasteiger partial charge is 0.484 e. The Bertz CT molecular complexity index is 668. The van der Waals surface area contributed by atoms with Crippen LogP contribution in [0.1, 0.15) is 26.2 Å². The average Bonchev–Trinajstić information content (AvgIpc) is 3.00. The normalized spacial score (nSPS) is 18.2. The maximum Gasteiger partial charge on any atom is 0.255 e. The molecule has 0 fully saturated rings. The van der Waals surface area contributed by atoms with E-state index >= 15 is 0 Å². The van der Waals surface area contributed by atoms with Crippen molar-refractivity contribution in [1.29, 1.82) is 0 Å². The summed E-state index contributed by atoms with van der Waals surface area (Å²) in [5, 5.41) is 0. The molecule has 0 aromatic heterocycles. The maximum absolute atomic E-state index is 12.8. The first-order chi connectivity index (χ1) is 10.9. The molecule has 0 radical (unpaired) electrons. The van der Waals surface area contributed by atoms with Crippen LogP contribution in [0.4, 0.5) is 0 Å². The molecule has 7 heteroatoms. The second-order valence-corrected chi connectivity index (χ2v) is 7.33. The zero-order valence-corrected chi connectivity index (χ0v) is 14.0. The van der Waals surface area contributed by atoms with E-state index in [0.717, 1.165) is 19.3 Å². The Labute approximate surface area is 137 Å². The summed E-state index contributed by atoms with van der Waals surface area (Å²) < 4.78 is 32.2. The summed E-state index contributed by atoms with van der Waals surface area (Å²) in [7, 11) is -3.54. The average molecular weight is 338 g/mol. The molecular weight excluding hydrogens is 316 g/mol. The number of sulfonamides is 1. The van der Waals surface area contributed by atoms with Crippen LogP contribution in [-0.2, 0) is 14.8 Å². The standard InChI is InChI=1S/C16H22N2O4S/c1-2-3-5-13-6-4-11-18(13)23(20,21)15-9-7-14(8-10-15)22-12-16(17)19/h4,6-10,13H,2-3,5,11-12H2,1H3,(H2,17,19). The fourth-order valence-electron chi connectivity index (χ4n) is 2.48. The van der Waals surface area contributed by atoms with Crippen molar-refractivity contribution in [2.24, 2.45) is 5.73 Å². The summed E-state index contributed by atoms with van der Waals surface area (Å²) in [4.78, 5) is 10.9. The third-order valence-corrected chi connectivity index (χ3v) is 5.58. The van der Waals surface area contributed by atoms with Gasteiger partial charge in [0.25, 0.3) is 5.91 Å². The molecule has 0 bridgehead atoms. The van der Waals surface area contributed by atoms with Crippen LogP contribution in [0.25, 0.3) is 0 Å². The fourth-order valence-corrected chi connectivity index (χ4v) is 4.05. The molecule has 1 unspecified atom stereocenters. The lowest BCUT2D eigenvalue weighted by Gasteiger charge is -2.24. The van der Waals surface area contributed by atoms with Crippen LogP contribution >= 0.6 is 0 Å². The number of ether oxygens (including phenoxy) is 1. The lowest BCUT2D eigenvalue weighted by atomic mass is 10.1. The van der Waals surface area contributed by atoms with E-state index in [0.29, 0.717) is 12.3 Å². The quantitative estimate of drug-likeness (QED) is 0.730. The summed E-state index contributed by atoms with van der Waals surface area (Å²) in [5.41, 5.74) is 5.00. The third kappa shape index (κ3) is 4.33. The first kappa shape index (κ1) is 17.5. The minimum Gasteiger partial charge on any atom is -0.484 e. The number of hydrogen-bond donors (Lipinski definition) is 1. The highest BCUT2D eigenvalue weighted by molar-refractivity contribution is 7.89. The topological polar surface area (TPSA) is 89.7 Å². The van der Waals surface area contributed by atoms with Crippen molar-refractivity contribution in [1.82, 2.24) is 4.31 Å². The molecule has 6 nitrogen and oxygen atoms in total. The highest BCUT2D eigenvalue weighted by Crippen LogP contribution is 2.26. The number of benzene rings is 1. The molecule has 1 aromatic rings. The van der Waals surface area contributed by atoms with Crippen molar-refractivity contribution in [2.45, 2.75) is 37.1 Å². The number of primary amides is 1. The predicted molar refractivity (Wildman–Crippen MR) is 87.5 cm³/mol. The summed E-state index contributed by atoms with van der Waals surface area (Å²) in [5.74, 6) is -0.173. The number of nitrogens with two attached hydrogens (primary N) is 1. The van der Waals surface area contributed by atoms with Gasteiger partial charge in [-0.1, -0.05) is 31.9 Å². The zero-order chi connectivity index (χ0) is 16.9. The van der Waals surface area contributed by atoms with Crippen LogP contribution in [0, 0.1) is 0 Å². The van der Waals surface area contributed by atoms with Crippen LogP contribution in [0.5, 0.6) is 5.75 Å². The molecule has 1 heterocycles. The van der Waals surface area contributed by atoms with Gasteiger partial charge in [-0.05, 0) is 30.7 Å². The van der Waals surface area contributed by atoms with E-state index < -0.39 is 15.9 Å². The zero-order valence-electron chi connectivity index (χ0n) is 13.1. The van der Waals surface area contributed by atoms with Crippen LogP contribution in [0.15, 0.2) is 41.3 Å². The SMILES string of the molecule is CCCCC1C=CCN1S(=O)(=O)c1ccc(OCC(N)=O)cc1. The molecule has 1 aliphatic heterocycles. The van der Waals surface area contributed by atoms with Gasteiger partial charge in [0.15, 0.2) is 6.61 Å². The molecule has 0 spiro atoms. The molecule has 2 N–H and O–H groups in total. The second-order valence-electron chi connectivity index (χ2n) is 5.44. The van der Waals surface area contributed by atoms with E-state index in [-0.39, 0.29) is 17.5 Å². The van der Waals surface area contributed by atoms with Gasteiger partial charge in [-0.15, -0.1) is 0 Å². The molecule has 0 saturated carbocycles. The van der Waals surface area contributed by atoms with Crippen molar-refractivity contribution >= 4 is 15.9 Å². The van der Waals surface area contributed by atoms with E-state index in [1.54, 1.807) is 0 Å². The highest BCUT2D eigenvalue weighted by Gasteiger charge is 2.31. The molecule has 1 atom stereocenters. The number of carbonyl (C=O) groups is 1. The van der Waals surface area contributed by atoms with Crippen molar-refractivity contribution in [3.05, 3.63) is 36.4 Å². The lowest BCUT2D eigenvalue weighted by molar-refractivity contribution is -0.119. The van der Waals surface area contributed by atoms with Crippen LogP contribution in [0.2, 0.25) is 0 Å². The van der Waals surface area contributed by atoms with E-state index in [1.807, 2.05) is 12.2 Å². The first-order valence-corrected chi connectivity index (χ1v) is 9.09. The monoisotopic (exact) mass is 338 g/mol. The predicted octanol–water partition coefficient (Wildman–Crippen LogP) is 1.67. The molecular formula is C16H22N2O4S. The molecule has 0 aliphatic carbocycles. The number of nitrogens with zero attached hydrogens (tertiary/aromatic N) is 1. The molecule has 1 aliphatic rings. The Balaban J connectivity index is 2.11. The summed E-state index contributed by atoms with van der Waals surface area (Å²) in [6.07, 6.45) is 6.69. The Morgan fingerprint density at radius 3 is 2.65 bits per heavy atom. The number of unbranched alkanes of at least 4 members (excludes halogenated alkanes) is 1. The molecule has 126 valence electrons. The van der Waals surface area contributed by atoms with Crippen LogP contribution < -0.4 is 10.5 Å². The Kier molecular flexibility index (Phi) is 5.79. The maximum atomic E-state index is 12.8. The number of carbonyl (C=O) groups excluding carboxylic acids is 1. The molecule has 0 saturated heterocycles. The van der Waals surface area contributed by atoms with Gasteiger partial charge in [0.1, 0.15) is 5.75 Å². The van der Waals surface area contributed by atoms with Gasteiger partial charge in [-0.3, -0.25) is 4.79 Å². The van der Waals surface area contributed by atoms with Crippen molar-refractivity contribution in [2.75, 3.05) is 13.2 Å². The number of hydrogen-bond acceptors (Lipinski definition) is 4. The van der Waals surface area contributed by atoms with E-state index in [2.05, 4.69) is 6.92 Å². The highest BCUT2D eigenvalue weighted by atomic mass is 32.2. The summed E-state index contributed by atoms with van der Waals surface area (Å²) in [6.45, 7) is 2.25. The van der Waals surface area contributed by atoms with Crippen molar-refractivity contribution in [3.8, 4) is 5.75 Å². The fraction of sp³-hybridized carbons (Fsp3) is 0.438. The first-order valence-electron chi connectivity index (χ1n) is 7.65. The van der Waals surface area contributed by atoms with Gasteiger partial charge >= 0.3 is 0 Å². The smallest absolute Gasteiger partial charge is 0.255 e. The number of rotatable bonds is 8. The minimum atomic E-state index is -3.54. The Morgan fingerprint density at radius 1 is 1.35 bits per heavy atom. The molecule has 23 heavy (non-hydrogen) atoms. The van der Waals surface area contributed by atoms with Gasteiger partial charge in [0.05, 0.1) is 4.90 Å². The van der Waals surface area contributed by atoms with Crippen LogP contribution in [-0.4, -0.2) is 37.8 Å². The van der Waals surface area contributed by atoms with Crippen LogP contribution in [0.3, 0.4) is 0 Å². The van der Waals surface area contributed by atoms with E-state index in [9.17, 15) is 13.2 Å². The van der Waals surface area contributed by atoms with Gasteiger partial charge in [-0.2, -0.15) is 4.31 Å². The van der Waals surface area contributed by atoms with E-state index in [4.69, 9.17) is 10.5 Å². The third-order valence-electron chi connectivity index (χ3n) is 3.68. The Hall–Kier alpha value is -1.86.